The van der Waals surface area contributed by atoms with E-state index in [2.05, 4.69) is 65.7 Å². The van der Waals surface area contributed by atoms with E-state index in [1.165, 1.54) is 5.56 Å². The van der Waals surface area contributed by atoms with E-state index in [0.717, 1.165) is 28.0 Å². The zero-order chi connectivity index (χ0) is 17.7. The molecule has 0 fully saturated rings. The highest BCUT2D eigenvalue weighted by Crippen LogP contribution is 2.26. The van der Waals surface area contributed by atoms with Crippen molar-refractivity contribution in [2.45, 2.75) is 6.92 Å². The lowest BCUT2D eigenvalue weighted by Crippen LogP contribution is -2.00. The van der Waals surface area contributed by atoms with Crippen LogP contribution in [0.3, 0.4) is 0 Å². The van der Waals surface area contributed by atoms with Gasteiger partial charge in [0, 0.05) is 5.56 Å². The molecule has 5 aromatic rings. The number of fused-ring (bicyclic) bond motifs is 3. The van der Waals surface area contributed by atoms with Crippen molar-refractivity contribution in [2.24, 2.45) is 0 Å². The van der Waals surface area contributed by atoms with E-state index in [1.54, 1.807) is 0 Å². The number of nitrogens with zero attached hydrogens (tertiary/aromatic N) is 4. The molecule has 3 heterocycles. The van der Waals surface area contributed by atoms with Crippen LogP contribution in [-0.2, 0) is 0 Å². The molecule has 0 aliphatic carbocycles. The van der Waals surface area contributed by atoms with E-state index in [-0.39, 0.29) is 0 Å². The van der Waals surface area contributed by atoms with E-state index in [9.17, 15) is 0 Å². The Kier molecular flexibility index (Phi) is 3.26. The van der Waals surface area contributed by atoms with Gasteiger partial charge < -0.3 is 0 Å². The Labute approximate surface area is 154 Å². The third-order valence-corrected chi connectivity index (χ3v) is 4.80. The third kappa shape index (κ3) is 2.27. The average Bonchev–Trinajstić information content (AvgIpc) is 3.26. The summed E-state index contributed by atoms with van der Waals surface area (Å²) < 4.78 is 4.30. The van der Waals surface area contributed by atoms with E-state index in [0.29, 0.717) is 10.5 Å². The highest BCUT2D eigenvalue weighted by Gasteiger charge is 2.14. The van der Waals surface area contributed by atoms with Gasteiger partial charge in [-0.15, -0.1) is 5.10 Å². The summed E-state index contributed by atoms with van der Waals surface area (Å²) in [5.41, 5.74) is 6.25. The molecule has 2 aromatic carbocycles. The summed E-state index contributed by atoms with van der Waals surface area (Å²) in [5, 5.41) is 12.0. The Morgan fingerprint density at radius 3 is 2.46 bits per heavy atom. The molecule has 6 heteroatoms. The summed E-state index contributed by atoms with van der Waals surface area (Å²) in [6.45, 7) is 2.08. The summed E-state index contributed by atoms with van der Waals surface area (Å²) >= 11 is 5.47. The zero-order valence-corrected chi connectivity index (χ0v) is 14.9. The maximum Gasteiger partial charge on any atom is 0.255 e. The van der Waals surface area contributed by atoms with Crippen molar-refractivity contribution >= 4 is 23.5 Å². The highest BCUT2D eigenvalue weighted by molar-refractivity contribution is 7.71. The summed E-state index contributed by atoms with van der Waals surface area (Å²) in [7, 11) is 0. The summed E-state index contributed by atoms with van der Waals surface area (Å²) in [6, 6.07) is 22.7. The first kappa shape index (κ1) is 15.0. The van der Waals surface area contributed by atoms with Gasteiger partial charge in [0.1, 0.15) is 0 Å². The molecule has 126 valence electrons. The maximum atomic E-state index is 5.47. The number of rotatable bonds is 2. The Bertz CT molecular complexity index is 1290. The van der Waals surface area contributed by atoms with Gasteiger partial charge in [0.25, 0.3) is 5.78 Å². The van der Waals surface area contributed by atoms with Crippen LogP contribution in [0.4, 0.5) is 0 Å². The predicted octanol–water partition coefficient (Wildman–Crippen LogP) is 4.68. The number of aryl methyl sites for hydroxylation is 1. The van der Waals surface area contributed by atoms with Crippen LogP contribution in [0.1, 0.15) is 5.56 Å². The van der Waals surface area contributed by atoms with Gasteiger partial charge in [-0.1, -0.05) is 60.2 Å². The van der Waals surface area contributed by atoms with Gasteiger partial charge >= 0.3 is 0 Å². The molecule has 0 radical (unpaired) electrons. The smallest absolute Gasteiger partial charge is 0.252 e. The number of H-pyrrole nitrogens is 1. The molecule has 5 rings (SSSR count). The molecule has 0 atom stereocenters. The fourth-order valence-corrected chi connectivity index (χ4v) is 3.42. The van der Waals surface area contributed by atoms with E-state index < -0.39 is 0 Å². The fourth-order valence-electron chi connectivity index (χ4n) is 3.20. The minimum Gasteiger partial charge on any atom is -0.252 e. The molecule has 0 amide bonds. The van der Waals surface area contributed by atoms with Gasteiger partial charge in [-0.25, -0.2) is 5.10 Å². The van der Waals surface area contributed by atoms with Gasteiger partial charge in [-0.2, -0.15) is 9.61 Å². The van der Waals surface area contributed by atoms with Crippen molar-refractivity contribution in [1.82, 2.24) is 24.2 Å². The molecule has 0 bridgehead atoms. The normalized spacial score (nSPS) is 11.4. The number of nitrogens with one attached hydrogen (secondary N) is 1. The molecule has 0 aliphatic rings. The topological polar surface area (TPSA) is 50.4 Å². The molecule has 3 aromatic heterocycles. The van der Waals surface area contributed by atoms with Crippen molar-refractivity contribution < 1.29 is 0 Å². The lowest BCUT2D eigenvalue weighted by molar-refractivity contribution is 0.934. The first-order valence-corrected chi connectivity index (χ1v) is 8.74. The minimum atomic E-state index is 0.550. The molecule has 0 saturated carbocycles. The van der Waals surface area contributed by atoms with Crippen molar-refractivity contribution in [3.8, 4) is 22.5 Å². The van der Waals surface area contributed by atoms with Crippen LogP contribution in [-0.4, -0.2) is 24.2 Å². The van der Waals surface area contributed by atoms with Crippen LogP contribution in [0.15, 0.2) is 66.7 Å². The Balaban J connectivity index is 1.84. The second kappa shape index (κ2) is 5.64. The highest BCUT2D eigenvalue weighted by atomic mass is 32.1. The van der Waals surface area contributed by atoms with Crippen LogP contribution < -0.4 is 0 Å². The second-order valence-electron chi connectivity index (χ2n) is 6.29. The number of aromatic amines is 1. The number of hydrogen-bond donors (Lipinski definition) is 1. The zero-order valence-electron chi connectivity index (χ0n) is 14.0. The van der Waals surface area contributed by atoms with Crippen LogP contribution >= 0.6 is 12.2 Å². The van der Waals surface area contributed by atoms with Gasteiger partial charge in [0.05, 0.1) is 16.9 Å². The van der Waals surface area contributed by atoms with Gasteiger partial charge in [-0.3, -0.25) is 4.40 Å². The molecule has 1 N–H and O–H groups in total. The van der Waals surface area contributed by atoms with Crippen LogP contribution in [0.5, 0.6) is 0 Å². The van der Waals surface area contributed by atoms with Crippen molar-refractivity contribution in [3.05, 3.63) is 77.1 Å². The van der Waals surface area contributed by atoms with E-state index in [4.69, 9.17) is 17.3 Å². The van der Waals surface area contributed by atoms with Crippen molar-refractivity contribution in [1.29, 1.82) is 0 Å². The third-order valence-electron chi connectivity index (χ3n) is 4.52. The van der Waals surface area contributed by atoms with Crippen molar-refractivity contribution in [2.75, 3.05) is 0 Å². The first-order chi connectivity index (χ1) is 12.7. The summed E-state index contributed by atoms with van der Waals surface area (Å²) in [4.78, 5) is 0. The van der Waals surface area contributed by atoms with Crippen LogP contribution in [0, 0.1) is 11.7 Å². The SMILES string of the molecule is Cc1ccc(-c2cc3cc(-c4ccccc4)nn3c3n[nH]c(=S)n23)cc1. The van der Waals surface area contributed by atoms with Gasteiger partial charge in [-0.05, 0) is 36.8 Å². The molecule has 5 nitrogen and oxygen atoms in total. The number of benzene rings is 2. The Hall–Kier alpha value is -3.25. The maximum absolute atomic E-state index is 5.47. The summed E-state index contributed by atoms with van der Waals surface area (Å²) in [6.07, 6.45) is 0. The molecule has 0 unspecified atom stereocenters. The van der Waals surface area contributed by atoms with Gasteiger partial charge in [0.15, 0.2) is 0 Å². The lowest BCUT2D eigenvalue weighted by atomic mass is 10.1. The summed E-state index contributed by atoms with van der Waals surface area (Å²) in [5.74, 6) is 0.672. The Morgan fingerprint density at radius 2 is 1.69 bits per heavy atom. The quantitative estimate of drug-likeness (QED) is 0.467. The second-order valence-corrected chi connectivity index (χ2v) is 6.68. The fraction of sp³-hybridized carbons (Fsp3) is 0.0500. The average molecular weight is 357 g/mol. The van der Waals surface area contributed by atoms with Gasteiger partial charge in [0.2, 0.25) is 4.77 Å². The van der Waals surface area contributed by atoms with Crippen LogP contribution in [0.25, 0.3) is 33.8 Å². The van der Waals surface area contributed by atoms with Crippen molar-refractivity contribution in [3.63, 3.8) is 0 Å². The van der Waals surface area contributed by atoms with E-state index >= 15 is 0 Å². The molecule has 0 spiro atoms. The lowest BCUT2D eigenvalue weighted by Gasteiger charge is -2.07. The van der Waals surface area contributed by atoms with Crippen LogP contribution in [0.2, 0.25) is 0 Å². The largest absolute Gasteiger partial charge is 0.255 e. The molecule has 0 aliphatic heterocycles. The number of hydrogen-bond acceptors (Lipinski definition) is 3. The molecule has 26 heavy (non-hydrogen) atoms. The molecular formula is C20H15N5S. The van der Waals surface area contributed by atoms with E-state index in [1.807, 2.05) is 27.1 Å². The predicted molar refractivity (Wildman–Crippen MR) is 105 cm³/mol. The number of aromatic nitrogens is 5. The monoisotopic (exact) mass is 357 g/mol. The molecule has 0 saturated heterocycles. The standard InChI is InChI=1S/C20H15N5S/c1-13-7-9-15(10-8-13)18-12-16-11-17(14-5-3-2-4-6-14)23-25(16)19-21-22-20(26)24(18)19/h2-12H,1H3,(H,22,26). The molecular weight excluding hydrogens is 342 g/mol. The Morgan fingerprint density at radius 1 is 0.923 bits per heavy atom. The first-order valence-electron chi connectivity index (χ1n) is 8.33. The minimum absolute atomic E-state index is 0.550.